The molecule has 3 rings (SSSR count). The molecule has 2 aromatic heterocycles. The van der Waals surface area contributed by atoms with Gasteiger partial charge < -0.3 is 10.7 Å². The van der Waals surface area contributed by atoms with Crippen molar-refractivity contribution >= 4 is 17.7 Å². The minimum Gasteiger partial charge on any atom is -0.369 e. The van der Waals surface area contributed by atoms with Gasteiger partial charge in [-0.2, -0.15) is 0 Å². The van der Waals surface area contributed by atoms with Crippen LogP contribution in [0.4, 0.5) is 0 Å². The zero-order chi connectivity index (χ0) is 17.8. The number of nitrogens with zero attached hydrogens (tertiary/aromatic N) is 3. The number of carbonyl (C=O) groups excluding carboxylic acids is 1. The predicted molar refractivity (Wildman–Crippen MR) is 91.8 cm³/mol. The van der Waals surface area contributed by atoms with Crippen molar-refractivity contribution in [2.45, 2.75) is 11.6 Å². The molecule has 10 heteroatoms. The Morgan fingerprint density at radius 3 is 2.60 bits per heavy atom. The van der Waals surface area contributed by atoms with Gasteiger partial charge in [0.05, 0.1) is 5.75 Å². The number of primary amides is 1. The van der Waals surface area contributed by atoms with Crippen molar-refractivity contribution in [3.63, 3.8) is 0 Å². The molecule has 1 amide bonds. The molecule has 0 unspecified atom stereocenters. The lowest BCUT2D eigenvalue weighted by Crippen LogP contribution is -2.23. The van der Waals surface area contributed by atoms with E-state index in [2.05, 4.69) is 20.2 Å². The van der Waals surface area contributed by atoms with Crippen LogP contribution >= 0.6 is 11.8 Å². The third-order valence-corrected chi connectivity index (χ3v) is 4.17. The molecule has 9 nitrogen and oxygen atoms in total. The second-order valence-corrected chi connectivity index (χ2v) is 6.06. The molecular weight excluding hydrogens is 344 g/mol. The molecule has 0 fully saturated rings. The van der Waals surface area contributed by atoms with E-state index in [1.807, 2.05) is 30.3 Å². The first kappa shape index (κ1) is 16.7. The highest BCUT2D eigenvalue weighted by Crippen LogP contribution is 2.22. The molecule has 0 atom stereocenters. The highest BCUT2D eigenvalue weighted by atomic mass is 32.2. The van der Waals surface area contributed by atoms with E-state index in [9.17, 15) is 14.4 Å². The van der Waals surface area contributed by atoms with Crippen LogP contribution in [-0.2, 0) is 11.2 Å². The fraction of sp³-hybridized carbons (Fsp3) is 0.133. The second kappa shape index (κ2) is 7.18. The molecule has 2 heterocycles. The highest BCUT2D eigenvalue weighted by molar-refractivity contribution is 7.99. The minimum absolute atomic E-state index is 0.0623. The molecule has 4 N–H and O–H groups in total. The summed E-state index contributed by atoms with van der Waals surface area (Å²) in [5.74, 6) is 0.111. The first-order valence-electron chi connectivity index (χ1n) is 7.26. The summed E-state index contributed by atoms with van der Waals surface area (Å²) in [6.07, 6.45) is 0.193. The Kier molecular flexibility index (Phi) is 4.80. The molecule has 128 valence electrons. The number of para-hydroxylation sites is 1. The lowest BCUT2D eigenvalue weighted by Gasteiger charge is -2.09. The van der Waals surface area contributed by atoms with Crippen molar-refractivity contribution in [3.05, 3.63) is 68.8 Å². The summed E-state index contributed by atoms with van der Waals surface area (Å²) < 4.78 is 1.76. The first-order valence-corrected chi connectivity index (χ1v) is 8.25. The normalized spacial score (nSPS) is 10.7. The summed E-state index contributed by atoms with van der Waals surface area (Å²) in [6.45, 7) is 0. The topological polar surface area (TPSA) is 140 Å². The van der Waals surface area contributed by atoms with Gasteiger partial charge in [-0.25, -0.2) is 4.79 Å². The van der Waals surface area contributed by atoms with Crippen molar-refractivity contribution in [1.29, 1.82) is 0 Å². The van der Waals surface area contributed by atoms with E-state index in [4.69, 9.17) is 5.73 Å². The average molecular weight is 358 g/mol. The monoisotopic (exact) mass is 358 g/mol. The SMILES string of the molecule is NC(=O)CSc1nnc(Cc2cc(=O)[nH]c(=O)[nH]2)n1-c1ccccc1. The van der Waals surface area contributed by atoms with Crippen LogP contribution in [0.25, 0.3) is 5.69 Å². The third-order valence-electron chi connectivity index (χ3n) is 3.22. The number of aromatic nitrogens is 5. The van der Waals surface area contributed by atoms with E-state index < -0.39 is 17.2 Å². The van der Waals surface area contributed by atoms with Gasteiger partial charge in [-0.05, 0) is 12.1 Å². The lowest BCUT2D eigenvalue weighted by molar-refractivity contribution is -0.115. The van der Waals surface area contributed by atoms with E-state index in [0.29, 0.717) is 16.7 Å². The summed E-state index contributed by atoms with van der Waals surface area (Å²) in [4.78, 5) is 38.6. The van der Waals surface area contributed by atoms with E-state index in [1.54, 1.807) is 4.57 Å². The van der Waals surface area contributed by atoms with Gasteiger partial charge in [0, 0.05) is 23.9 Å². The number of H-pyrrole nitrogens is 2. The standard InChI is InChI=1S/C15H14N6O3S/c16-11(22)8-25-15-20-19-12(21(15)10-4-2-1-3-5-10)6-9-7-13(23)18-14(24)17-9/h1-5,7H,6,8H2,(H2,16,22)(H2,17,18,23,24). The molecule has 25 heavy (non-hydrogen) atoms. The second-order valence-electron chi connectivity index (χ2n) is 5.11. The van der Waals surface area contributed by atoms with Gasteiger partial charge in [-0.15, -0.1) is 10.2 Å². The summed E-state index contributed by atoms with van der Waals surface area (Å²) >= 11 is 1.16. The zero-order valence-electron chi connectivity index (χ0n) is 12.9. The quantitative estimate of drug-likeness (QED) is 0.522. The molecule has 3 aromatic rings. The lowest BCUT2D eigenvalue weighted by atomic mass is 10.2. The molecule has 0 aliphatic heterocycles. The maximum Gasteiger partial charge on any atom is 0.325 e. The summed E-state index contributed by atoms with van der Waals surface area (Å²) in [5, 5.41) is 8.72. The number of thioether (sulfide) groups is 1. The van der Waals surface area contributed by atoms with Crippen LogP contribution in [-0.4, -0.2) is 36.4 Å². The summed E-state index contributed by atoms with van der Waals surface area (Å²) in [6, 6.07) is 10.6. The number of amides is 1. The van der Waals surface area contributed by atoms with E-state index in [0.717, 1.165) is 17.4 Å². The van der Waals surface area contributed by atoms with E-state index in [1.165, 1.54) is 6.07 Å². The maximum absolute atomic E-state index is 11.5. The first-order chi connectivity index (χ1) is 12.0. The van der Waals surface area contributed by atoms with Crippen LogP contribution in [0.5, 0.6) is 0 Å². The molecule has 0 aliphatic rings. The zero-order valence-corrected chi connectivity index (χ0v) is 13.7. The van der Waals surface area contributed by atoms with Gasteiger partial charge >= 0.3 is 5.69 Å². The van der Waals surface area contributed by atoms with Gasteiger partial charge in [0.15, 0.2) is 5.16 Å². The molecule has 0 aliphatic carbocycles. The number of hydrogen-bond donors (Lipinski definition) is 3. The van der Waals surface area contributed by atoms with Crippen LogP contribution in [0.2, 0.25) is 0 Å². The number of carbonyl (C=O) groups is 1. The van der Waals surface area contributed by atoms with Gasteiger partial charge in [0.1, 0.15) is 5.82 Å². The fourth-order valence-electron chi connectivity index (χ4n) is 2.27. The average Bonchev–Trinajstić information content (AvgIpc) is 2.95. The molecule has 0 bridgehead atoms. The molecule has 0 saturated carbocycles. The minimum atomic E-state index is -0.586. The third kappa shape index (κ3) is 4.04. The number of aromatic amines is 2. The van der Waals surface area contributed by atoms with Gasteiger partial charge in [0.25, 0.3) is 5.56 Å². The summed E-state index contributed by atoms with van der Waals surface area (Å²) in [7, 11) is 0. The van der Waals surface area contributed by atoms with E-state index >= 15 is 0 Å². The predicted octanol–water partition coefficient (Wildman–Crippen LogP) is -0.188. The number of rotatable bonds is 6. The molecule has 0 spiro atoms. The van der Waals surface area contributed by atoms with E-state index in [-0.39, 0.29) is 12.2 Å². The van der Waals surface area contributed by atoms with Gasteiger partial charge in [0.2, 0.25) is 5.91 Å². The van der Waals surface area contributed by atoms with Crippen molar-refractivity contribution in [2.24, 2.45) is 5.73 Å². The molecular formula is C15H14N6O3S. The number of benzene rings is 1. The van der Waals surface area contributed by atoms with Crippen molar-refractivity contribution < 1.29 is 4.79 Å². The molecule has 1 aromatic carbocycles. The van der Waals surface area contributed by atoms with Crippen molar-refractivity contribution in [2.75, 3.05) is 5.75 Å². The Bertz CT molecular complexity index is 980. The fourth-order valence-corrected chi connectivity index (χ4v) is 2.98. The number of hydrogen-bond acceptors (Lipinski definition) is 6. The highest BCUT2D eigenvalue weighted by Gasteiger charge is 2.16. The molecule has 0 saturated heterocycles. The van der Waals surface area contributed by atoms with Crippen molar-refractivity contribution in [1.82, 2.24) is 24.7 Å². The molecule has 0 radical (unpaired) electrons. The van der Waals surface area contributed by atoms with Crippen LogP contribution in [0.3, 0.4) is 0 Å². The van der Waals surface area contributed by atoms with Crippen LogP contribution in [0.1, 0.15) is 11.5 Å². The van der Waals surface area contributed by atoms with Crippen LogP contribution in [0, 0.1) is 0 Å². The van der Waals surface area contributed by atoms with Gasteiger partial charge in [-0.3, -0.25) is 19.1 Å². The Hall–Kier alpha value is -3.14. The van der Waals surface area contributed by atoms with Gasteiger partial charge in [-0.1, -0.05) is 30.0 Å². The Morgan fingerprint density at radius 2 is 1.92 bits per heavy atom. The number of nitrogens with two attached hydrogens (primary N) is 1. The largest absolute Gasteiger partial charge is 0.369 e. The summed E-state index contributed by atoms with van der Waals surface area (Å²) in [5.41, 5.74) is 5.32. The maximum atomic E-state index is 11.5. The number of nitrogens with one attached hydrogen (secondary N) is 2. The van der Waals surface area contributed by atoms with Crippen LogP contribution < -0.4 is 17.0 Å². The van der Waals surface area contributed by atoms with Crippen LogP contribution in [0.15, 0.2) is 51.1 Å². The van der Waals surface area contributed by atoms with Crippen molar-refractivity contribution in [3.8, 4) is 5.69 Å². The Labute approximate surface area is 145 Å². The Balaban J connectivity index is 2.02. The Morgan fingerprint density at radius 1 is 1.16 bits per heavy atom. The smallest absolute Gasteiger partial charge is 0.325 e.